The highest BCUT2D eigenvalue weighted by Crippen LogP contribution is 2.27. The van der Waals surface area contributed by atoms with Gasteiger partial charge in [0, 0.05) is 43.3 Å². The largest absolute Gasteiger partial charge is 0.378 e. The van der Waals surface area contributed by atoms with E-state index in [1.165, 1.54) is 11.1 Å². The summed E-state index contributed by atoms with van der Waals surface area (Å²) in [4.78, 5) is 28.9. The van der Waals surface area contributed by atoms with Gasteiger partial charge in [-0.25, -0.2) is 8.42 Å². The van der Waals surface area contributed by atoms with Gasteiger partial charge < -0.3 is 23.8 Å². The van der Waals surface area contributed by atoms with Crippen LogP contribution in [0.15, 0.2) is 35.4 Å². The molecule has 0 unspecified atom stereocenters. The number of aromatic nitrogens is 1. The molecular weight excluding hydrogens is 434 g/mol. The second kappa shape index (κ2) is 9.21. The third-order valence-electron chi connectivity index (χ3n) is 5.84. The quantitative estimate of drug-likeness (QED) is 0.654. The lowest BCUT2D eigenvalue weighted by Crippen LogP contribution is -2.49. The van der Waals surface area contributed by atoms with E-state index >= 15 is 0 Å². The zero-order valence-corrected chi connectivity index (χ0v) is 19.2. The van der Waals surface area contributed by atoms with Crippen LogP contribution in [0.25, 0.3) is 10.9 Å². The Balaban J connectivity index is 1.58. The third kappa shape index (κ3) is 4.82. The van der Waals surface area contributed by atoms with Gasteiger partial charge >= 0.3 is 0 Å². The summed E-state index contributed by atoms with van der Waals surface area (Å²) >= 11 is 0. The highest BCUT2D eigenvalue weighted by atomic mass is 32.2. The summed E-state index contributed by atoms with van der Waals surface area (Å²) < 4.78 is 39.0. The van der Waals surface area contributed by atoms with Gasteiger partial charge in [-0.15, -0.1) is 0 Å². The lowest BCUT2D eigenvalue weighted by atomic mass is 10.2. The van der Waals surface area contributed by atoms with Crippen LogP contribution in [-0.2, 0) is 35.4 Å². The first-order valence-electron chi connectivity index (χ1n) is 10.8. The molecular formula is C22H29N3O6S. The van der Waals surface area contributed by atoms with Gasteiger partial charge in [-0.2, -0.15) is 0 Å². The lowest BCUT2D eigenvalue weighted by molar-refractivity contribution is -0.143. The molecule has 2 aliphatic rings. The predicted molar refractivity (Wildman–Crippen MR) is 118 cm³/mol. The number of carbonyl (C=O) groups excluding carboxylic acids is 2. The van der Waals surface area contributed by atoms with Crippen LogP contribution >= 0.6 is 0 Å². The van der Waals surface area contributed by atoms with Crippen LogP contribution in [0, 0.1) is 0 Å². The van der Waals surface area contributed by atoms with Crippen LogP contribution in [0.3, 0.4) is 0 Å². The van der Waals surface area contributed by atoms with E-state index < -0.39 is 21.5 Å². The number of carbonyl (C=O) groups is 2. The highest BCUT2D eigenvalue weighted by Gasteiger charge is 2.29. The van der Waals surface area contributed by atoms with Crippen LogP contribution in [-0.4, -0.2) is 92.0 Å². The van der Waals surface area contributed by atoms with Crippen LogP contribution in [0.4, 0.5) is 0 Å². The third-order valence-corrected chi connectivity index (χ3v) is 7.46. The summed E-state index contributed by atoms with van der Waals surface area (Å²) in [7, 11) is -3.89. The van der Waals surface area contributed by atoms with Crippen LogP contribution in [0.2, 0.25) is 0 Å². The van der Waals surface area contributed by atoms with Crippen molar-refractivity contribution in [2.24, 2.45) is 0 Å². The first-order valence-corrected chi connectivity index (χ1v) is 12.5. The average molecular weight is 464 g/mol. The zero-order valence-electron chi connectivity index (χ0n) is 18.4. The number of morpholine rings is 2. The van der Waals surface area contributed by atoms with E-state index in [2.05, 4.69) is 0 Å². The van der Waals surface area contributed by atoms with Gasteiger partial charge in [0.1, 0.15) is 12.3 Å². The number of fused-ring (bicyclic) bond motifs is 1. The monoisotopic (exact) mass is 463 g/mol. The van der Waals surface area contributed by atoms with Crippen molar-refractivity contribution in [3.8, 4) is 0 Å². The molecule has 174 valence electrons. The van der Waals surface area contributed by atoms with Crippen LogP contribution in [0.1, 0.15) is 13.8 Å². The Labute approximate surface area is 187 Å². The Kier molecular flexibility index (Phi) is 6.55. The summed E-state index contributed by atoms with van der Waals surface area (Å²) in [6, 6.07) is 7.05. The van der Waals surface area contributed by atoms with E-state index in [1.54, 1.807) is 33.7 Å². The molecule has 2 amide bonds. The summed E-state index contributed by atoms with van der Waals surface area (Å²) in [6.45, 7) is 6.48. The lowest BCUT2D eigenvalue weighted by Gasteiger charge is -2.35. The van der Waals surface area contributed by atoms with Crippen LogP contribution < -0.4 is 0 Å². The van der Waals surface area contributed by atoms with Crippen LogP contribution in [0.5, 0.6) is 0 Å². The minimum absolute atomic E-state index is 0.0207. The van der Waals surface area contributed by atoms with Crippen molar-refractivity contribution in [3.63, 3.8) is 0 Å². The molecule has 2 fully saturated rings. The normalized spacial score (nSPS) is 22.3. The molecule has 4 rings (SSSR count). The number of sulfone groups is 1. The number of rotatable bonds is 5. The Morgan fingerprint density at radius 1 is 1.00 bits per heavy atom. The molecule has 0 saturated carbocycles. The predicted octanol–water partition coefficient (Wildman–Crippen LogP) is 0.910. The van der Waals surface area contributed by atoms with Gasteiger partial charge in [0.25, 0.3) is 0 Å². The minimum Gasteiger partial charge on any atom is -0.378 e. The molecule has 0 bridgehead atoms. The topological polar surface area (TPSA) is 98.2 Å². The van der Waals surface area contributed by atoms with Crippen molar-refractivity contribution in [2.75, 3.05) is 45.1 Å². The minimum atomic E-state index is -3.89. The Hall–Kier alpha value is -2.43. The molecule has 10 heteroatoms. The first-order chi connectivity index (χ1) is 15.2. The van der Waals surface area contributed by atoms with Gasteiger partial charge in [-0.05, 0) is 19.9 Å². The van der Waals surface area contributed by atoms with E-state index in [9.17, 15) is 18.0 Å². The van der Waals surface area contributed by atoms with E-state index in [1.807, 2.05) is 13.8 Å². The van der Waals surface area contributed by atoms with Crippen molar-refractivity contribution in [2.45, 2.75) is 37.5 Å². The standard InChI is InChI=1S/C22H29N3O6S/c1-16-11-25(12-17(2)31-16)21(26)14-24-13-20(18-5-3-4-6-19(18)24)32(28,29)15-22(27)23-7-9-30-10-8-23/h3-6,13,16-17H,7-12,14-15H2,1-2H3/t16-,17-/m1/s1. The first kappa shape index (κ1) is 22.8. The number of amides is 2. The fourth-order valence-electron chi connectivity index (χ4n) is 4.36. The molecule has 32 heavy (non-hydrogen) atoms. The fraction of sp³-hybridized carbons (Fsp3) is 0.545. The fourth-order valence-corrected chi connectivity index (χ4v) is 5.82. The van der Waals surface area contributed by atoms with E-state index in [-0.39, 0.29) is 29.6 Å². The van der Waals surface area contributed by atoms with Gasteiger partial charge in [0.2, 0.25) is 11.8 Å². The Morgan fingerprint density at radius 3 is 2.34 bits per heavy atom. The second-order valence-corrected chi connectivity index (χ2v) is 10.4. The molecule has 1 aromatic carbocycles. The smallest absolute Gasteiger partial charge is 0.242 e. The summed E-state index contributed by atoms with van der Waals surface area (Å²) in [5, 5.41) is 0.513. The maximum atomic E-state index is 13.2. The van der Waals surface area contributed by atoms with Crippen molar-refractivity contribution < 1.29 is 27.5 Å². The molecule has 2 saturated heterocycles. The number of nitrogens with zero attached hydrogens (tertiary/aromatic N) is 3. The average Bonchev–Trinajstić information content (AvgIpc) is 3.13. The summed E-state index contributed by atoms with van der Waals surface area (Å²) in [5.41, 5.74) is 0.646. The molecule has 2 aromatic rings. The number of para-hydroxylation sites is 1. The summed E-state index contributed by atoms with van der Waals surface area (Å²) in [5.74, 6) is -1.13. The van der Waals surface area contributed by atoms with Crippen molar-refractivity contribution >= 4 is 32.6 Å². The van der Waals surface area contributed by atoms with Crippen molar-refractivity contribution in [3.05, 3.63) is 30.5 Å². The van der Waals surface area contributed by atoms with Gasteiger partial charge in [0.15, 0.2) is 9.84 Å². The van der Waals surface area contributed by atoms with Gasteiger partial charge in [0.05, 0.1) is 30.3 Å². The molecule has 2 atom stereocenters. The number of ether oxygens (including phenoxy) is 2. The molecule has 2 aliphatic heterocycles. The molecule has 0 aliphatic carbocycles. The van der Waals surface area contributed by atoms with Gasteiger partial charge in [-0.3, -0.25) is 9.59 Å². The van der Waals surface area contributed by atoms with Crippen molar-refractivity contribution in [1.82, 2.24) is 14.4 Å². The Morgan fingerprint density at radius 2 is 1.66 bits per heavy atom. The summed E-state index contributed by atoms with van der Waals surface area (Å²) in [6.07, 6.45) is 1.38. The van der Waals surface area contributed by atoms with Gasteiger partial charge in [-0.1, -0.05) is 18.2 Å². The number of hydrogen-bond acceptors (Lipinski definition) is 6. The van der Waals surface area contributed by atoms with E-state index in [4.69, 9.17) is 9.47 Å². The van der Waals surface area contributed by atoms with E-state index in [0.29, 0.717) is 50.3 Å². The number of hydrogen-bond donors (Lipinski definition) is 0. The molecule has 0 radical (unpaired) electrons. The SMILES string of the molecule is C[C@@H]1CN(C(=O)Cn2cc(S(=O)(=O)CC(=O)N3CCOCC3)c3ccccc32)C[C@@H](C)O1. The van der Waals surface area contributed by atoms with E-state index in [0.717, 1.165) is 0 Å². The maximum absolute atomic E-state index is 13.2. The zero-order chi connectivity index (χ0) is 22.9. The molecule has 3 heterocycles. The van der Waals surface area contributed by atoms with Crippen molar-refractivity contribution in [1.29, 1.82) is 0 Å². The second-order valence-electron chi connectivity index (χ2n) is 8.45. The molecule has 0 N–H and O–H groups in total. The Bertz CT molecular complexity index is 1100. The maximum Gasteiger partial charge on any atom is 0.242 e. The molecule has 9 nitrogen and oxygen atoms in total. The highest BCUT2D eigenvalue weighted by molar-refractivity contribution is 7.92. The number of benzene rings is 1. The molecule has 0 spiro atoms. The molecule has 1 aromatic heterocycles.